The van der Waals surface area contributed by atoms with Crippen molar-refractivity contribution in [2.24, 2.45) is 164 Å². The predicted molar refractivity (Wildman–Crippen MR) is 574 cm³/mol. The SMILES string of the molecule is C=C(CC[C@@H](C(C)=O)[C@H]1C[C@@H](O)[C@@]2(C)C3=C(CC[C@]12C)[C@@]1(C)CC[C@H](O)C(C)(C)C1CC3)C(C)C.C=C(CC[C@@H](OC=O)[C@H]1CC[C@@]2(C)C3=CC[C@H]4C(C)(C)[C@@H](O)CC[C@]4(C)C3=CC[C@]12C)C(C)C.C=C(CC[C@@H](OC=O)[C@H]1C[C@H](OC(C)=O)[C@@]2(C)C3=C(CC[C@]12C)[C@@]1(C)CC[C@H](O)C(C)(C)[C@@H]1CC3)C(C)C.C=C(CC[C@H](OC=O)[C@H]1C[C@H](O)[C@@]2(C)C3=CC[C@H]4C(C)(C)[C@@H](O)CC[C@]4(C)C3=CC[C@]12C)C(C)C. The number of ketones is 1. The van der Waals surface area contributed by atoms with Gasteiger partial charge in [0.25, 0.3) is 19.4 Å². The Morgan fingerprint density at radius 2 is 0.697 bits per heavy atom. The van der Waals surface area contributed by atoms with Crippen LogP contribution in [0.25, 0.3) is 0 Å². The monoisotopic (exact) mass is 1970 g/mol. The van der Waals surface area contributed by atoms with Crippen molar-refractivity contribution in [3.8, 4) is 0 Å². The van der Waals surface area contributed by atoms with E-state index in [1.807, 2.05) is 0 Å². The van der Waals surface area contributed by atoms with Crippen LogP contribution in [0.3, 0.4) is 0 Å². The molecule has 6 N–H and O–H groups in total. The summed E-state index contributed by atoms with van der Waals surface area (Å²) in [6.45, 7) is 86.3. The highest BCUT2D eigenvalue weighted by molar-refractivity contribution is 5.79. The Kier molecular flexibility index (Phi) is 32.7. The van der Waals surface area contributed by atoms with E-state index in [-0.39, 0.29) is 165 Å². The van der Waals surface area contributed by atoms with Gasteiger partial charge < -0.3 is 49.6 Å². The molecule has 15 heteroatoms. The van der Waals surface area contributed by atoms with Crippen molar-refractivity contribution in [2.75, 3.05) is 0 Å². The van der Waals surface area contributed by atoms with Gasteiger partial charge >= 0.3 is 5.97 Å². The zero-order chi connectivity index (χ0) is 105. The minimum atomic E-state index is -0.485. The second-order valence-corrected chi connectivity index (χ2v) is 56.1. The number of ether oxygens (including phenoxy) is 4. The average molecular weight is 1970 g/mol. The van der Waals surface area contributed by atoms with E-state index in [0.29, 0.717) is 85.5 Å². The molecule has 0 radical (unpaired) electrons. The minimum absolute atomic E-state index is 0.00264. The first-order valence-corrected chi connectivity index (χ1v) is 56.9. The molecule has 142 heavy (non-hydrogen) atoms. The fourth-order valence-corrected chi connectivity index (χ4v) is 36.8. The number of hydrogen-bond donors (Lipinski definition) is 6. The fourth-order valence-electron chi connectivity index (χ4n) is 36.8. The Labute approximate surface area is 861 Å². The molecule has 16 rings (SSSR count). The largest absolute Gasteiger partial charge is 0.464 e. The molecular weight excluding hydrogens is 1770 g/mol. The van der Waals surface area contributed by atoms with Crippen molar-refractivity contribution < 1.29 is 73.6 Å². The molecule has 8 saturated carbocycles. The van der Waals surface area contributed by atoms with Gasteiger partial charge in [-0.25, -0.2) is 0 Å². The topological polar surface area (TPSA) is 244 Å². The van der Waals surface area contributed by atoms with Crippen molar-refractivity contribution >= 4 is 31.2 Å². The molecule has 0 bridgehead atoms. The van der Waals surface area contributed by atoms with Crippen LogP contribution in [0, 0.1) is 164 Å². The van der Waals surface area contributed by atoms with Crippen LogP contribution in [-0.2, 0) is 42.9 Å². The Bertz CT molecular complexity index is 4930. The molecule has 31 atom stereocenters. The molecule has 0 aromatic heterocycles. The summed E-state index contributed by atoms with van der Waals surface area (Å²) in [4.78, 5) is 60.2. The van der Waals surface area contributed by atoms with E-state index in [1.165, 1.54) is 51.5 Å². The first-order valence-electron chi connectivity index (χ1n) is 56.9. The molecule has 8 fully saturated rings. The Morgan fingerprint density at radius 3 is 1.10 bits per heavy atom. The van der Waals surface area contributed by atoms with Crippen LogP contribution in [-0.4, -0.2) is 123 Å². The van der Waals surface area contributed by atoms with Crippen LogP contribution in [0.4, 0.5) is 0 Å². The lowest BCUT2D eigenvalue weighted by Gasteiger charge is -2.62. The molecule has 0 aromatic rings. The van der Waals surface area contributed by atoms with Gasteiger partial charge in [0.2, 0.25) is 0 Å². The quantitative estimate of drug-likeness (QED) is 0.0185. The van der Waals surface area contributed by atoms with Gasteiger partial charge in [-0.05, 0) is 365 Å². The van der Waals surface area contributed by atoms with Gasteiger partial charge in [-0.15, -0.1) is 0 Å². The number of Topliss-reactive ketones (excluding diaryl/α,β-unsaturated/α-hetero) is 1. The number of carbonyl (C=O) groups excluding carboxylic acids is 5. The summed E-state index contributed by atoms with van der Waals surface area (Å²) in [6, 6.07) is 0. The first kappa shape index (κ1) is 114. The van der Waals surface area contributed by atoms with Crippen molar-refractivity contribution in [2.45, 2.75) is 481 Å². The van der Waals surface area contributed by atoms with Crippen LogP contribution in [0.15, 0.2) is 117 Å². The highest BCUT2D eigenvalue weighted by atomic mass is 16.6. The second kappa shape index (κ2) is 40.8. The van der Waals surface area contributed by atoms with Crippen LogP contribution >= 0.6 is 0 Å². The third-order valence-electron chi connectivity index (χ3n) is 48.0. The summed E-state index contributed by atoms with van der Waals surface area (Å²) < 4.78 is 23.6. The number of carbonyl (C=O) groups is 5. The minimum Gasteiger partial charge on any atom is -0.464 e. The summed E-state index contributed by atoms with van der Waals surface area (Å²) in [5, 5.41) is 66.9. The number of fused-ring (bicyclic) bond motifs is 18. The van der Waals surface area contributed by atoms with Crippen LogP contribution in [0.1, 0.15) is 420 Å². The first-order chi connectivity index (χ1) is 65.8. The van der Waals surface area contributed by atoms with Gasteiger partial charge in [0.1, 0.15) is 30.2 Å². The molecule has 0 spiro atoms. The number of aliphatic hydroxyl groups excluding tert-OH is 6. The van der Waals surface area contributed by atoms with E-state index in [2.05, 4.69) is 244 Å². The Balaban J connectivity index is 0.000000159. The van der Waals surface area contributed by atoms with Gasteiger partial charge in [0.15, 0.2) is 0 Å². The summed E-state index contributed by atoms with van der Waals surface area (Å²) in [5.41, 5.74) is 15.4. The van der Waals surface area contributed by atoms with E-state index in [9.17, 15) is 54.6 Å². The second-order valence-electron chi connectivity index (χ2n) is 56.1. The van der Waals surface area contributed by atoms with E-state index in [1.54, 1.807) is 29.2 Å². The maximum Gasteiger partial charge on any atom is 0.302 e. The van der Waals surface area contributed by atoms with E-state index < -0.39 is 17.6 Å². The summed E-state index contributed by atoms with van der Waals surface area (Å²) in [6.07, 6.45) is 37.9. The molecular formula is C127H200O15. The number of esters is 1. The maximum absolute atomic E-state index is 13.0. The Hall–Kier alpha value is -5.29. The van der Waals surface area contributed by atoms with Crippen molar-refractivity contribution in [3.63, 3.8) is 0 Å². The zero-order valence-electron chi connectivity index (χ0n) is 94.8. The zero-order valence-corrected chi connectivity index (χ0v) is 94.8. The highest BCUT2D eigenvalue weighted by Gasteiger charge is 2.73. The lowest BCUT2D eigenvalue weighted by Crippen LogP contribution is -2.56. The number of aliphatic hydroxyl groups is 6. The van der Waals surface area contributed by atoms with Crippen molar-refractivity contribution in [3.05, 3.63) is 117 Å². The molecule has 16 aliphatic carbocycles. The standard InChI is InChI=1S/C33H52O5.C32H52O3.C31H48O4.C31H48O3/c1-20(2)21(3)10-12-26(37-19-34)25-18-29(38-22(4)35)33(9)24-11-13-27-30(5,6)28(36)15-16-31(27,7)23(24)14-17-32(25,33)8;1-19(2)20(3)10-11-22(21(4)33)25-18-28(35)32(9)24-12-13-26-29(5,6)27(34)15-16-30(26,7)23(24)14-17-31(25,32)8;1-19(2)20(3)9-11-24(35-18-32)23-17-27(34)31(8)22-10-12-25-28(4,5)26(33)14-15-29(25,6)21(22)13-16-30(23,31)7;1-20(2)21(3)9-11-25(34-19-32)24-14-18-30(7)23-10-12-26-28(4,5)27(33)15-16-29(26,6)22(23)13-17-31(24,30)8/h19-20,25-29,36H,3,10-18H2,1-2,4-9H3;19,22,25-28,34-35H,3,10-18H2,1-2,4-9H3;10,13,18-19,23-27,33-34H,3,9,11-12,14-17H2,1-2,4-8H3;10,13,19-20,24-27,33H,3,9,11-12,14-18H2,1-2,4-8H3/t25-,26-,27+,28+,29+,31-,32-,33-;22-,25+,26?,27-,28+,30+,31+,32+;23-,24+,25+,26+,27+,29-,30-,31-;24-,25-,26+,27+,29-,30+,31-/m1011/s1. The molecule has 0 aromatic carbocycles. The molecule has 16 aliphatic rings. The van der Waals surface area contributed by atoms with E-state index >= 15 is 0 Å². The molecule has 0 aliphatic heterocycles. The van der Waals surface area contributed by atoms with Gasteiger partial charge in [0.05, 0.1) is 36.6 Å². The third kappa shape index (κ3) is 18.2. The van der Waals surface area contributed by atoms with Crippen molar-refractivity contribution in [1.29, 1.82) is 0 Å². The Morgan fingerprint density at radius 1 is 0.352 bits per heavy atom. The highest BCUT2D eigenvalue weighted by Crippen LogP contribution is 2.79. The maximum atomic E-state index is 13.0. The van der Waals surface area contributed by atoms with Crippen LogP contribution in [0.2, 0.25) is 0 Å². The van der Waals surface area contributed by atoms with Crippen molar-refractivity contribution in [1.82, 2.24) is 0 Å². The summed E-state index contributed by atoms with van der Waals surface area (Å²) >= 11 is 0. The lowest BCUT2D eigenvalue weighted by atomic mass is 9.43. The number of allylic oxidation sites excluding steroid dienone is 13. The molecule has 0 heterocycles. The molecule has 798 valence electrons. The average Bonchev–Trinajstić information content (AvgIpc) is 1.48. The normalized spacial score (nSPS) is 42.0. The van der Waals surface area contributed by atoms with Gasteiger partial charge in [-0.2, -0.15) is 0 Å². The predicted octanol–water partition coefficient (Wildman–Crippen LogP) is 28.2. The molecule has 1 unspecified atom stereocenters. The van der Waals surface area contributed by atoms with Gasteiger partial charge in [-0.3, -0.25) is 24.0 Å². The van der Waals surface area contributed by atoms with E-state index in [0.717, 1.165) is 199 Å². The summed E-state index contributed by atoms with van der Waals surface area (Å²) in [5.74, 6) is 4.24. The van der Waals surface area contributed by atoms with Crippen LogP contribution < -0.4 is 0 Å². The fraction of sp³-hybridized carbons (Fsp3) is 0.803. The molecule has 0 amide bonds. The molecule has 0 saturated heterocycles. The molecule has 15 nitrogen and oxygen atoms in total. The van der Waals surface area contributed by atoms with Crippen LogP contribution in [0.5, 0.6) is 0 Å². The lowest BCUT2D eigenvalue weighted by molar-refractivity contribution is -0.154. The van der Waals surface area contributed by atoms with E-state index in [4.69, 9.17) is 18.9 Å². The smallest absolute Gasteiger partial charge is 0.302 e. The summed E-state index contributed by atoms with van der Waals surface area (Å²) in [7, 11) is 0. The third-order valence-corrected chi connectivity index (χ3v) is 48.0. The van der Waals surface area contributed by atoms with Gasteiger partial charge in [-0.1, -0.05) is 289 Å². The van der Waals surface area contributed by atoms with Gasteiger partial charge in [0, 0.05) is 46.8 Å². The number of rotatable bonds is 28. The number of hydrogen-bond acceptors (Lipinski definition) is 15.